The molecular weight excluding hydrogens is 238 g/mol. The minimum Gasteiger partial charge on any atom is -0.444 e. The Morgan fingerprint density at radius 2 is 2.37 bits per heavy atom. The molecule has 0 bridgehead atoms. The molecule has 0 spiro atoms. The molecule has 0 aromatic carbocycles. The highest BCUT2D eigenvalue weighted by molar-refractivity contribution is 4.94. The van der Waals surface area contributed by atoms with Crippen molar-refractivity contribution in [1.29, 1.82) is 0 Å². The average Bonchev–Trinajstić information content (AvgIpc) is 2.99. The molecule has 1 N–H and O–H groups in total. The monoisotopic (exact) mass is 265 g/mol. The highest BCUT2D eigenvalue weighted by atomic mass is 16.4. The summed E-state index contributed by atoms with van der Waals surface area (Å²) in [6.07, 6.45) is 4.06. The molecule has 1 fully saturated rings. The Hall–Kier alpha value is -0.870. The maximum Gasteiger partial charge on any atom is 0.208 e. The van der Waals surface area contributed by atoms with Crippen LogP contribution in [0.1, 0.15) is 38.8 Å². The first-order chi connectivity index (χ1) is 9.17. The van der Waals surface area contributed by atoms with E-state index in [0.29, 0.717) is 0 Å². The summed E-state index contributed by atoms with van der Waals surface area (Å²) in [5.74, 6) is 3.37. The lowest BCUT2D eigenvalue weighted by atomic mass is 10.1. The second kappa shape index (κ2) is 7.06. The first kappa shape index (κ1) is 14.5. The van der Waals surface area contributed by atoms with E-state index in [1.165, 1.54) is 6.42 Å². The first-order valence-corrected chi connectivity index (χ1v) is 7.54. The van der Waals surface area contributed by atoms with Gasteiger partial charge in [0, 0.05) is 13.0 Å². The molecule has 0 amide bonds. The van der Waals surface area contributed by atoms with Gasteiger partial charge in [0.05, 0.1) is 12.7 Å². The van der Waals surface area contributed by atoms with E-state index in [2.05, 4.69) is 36.0 Å². The fourth-order valence-corrected chi connectivity index (χ4v) is 2.58. The van der Waals surface area contributed by atoms with Gasteiger partial charge in [-0.2, -0.15) is 0 Å². The van der Waals surface area contributed by atoms with Crippen LogP contribution in [0, 0.1) is 11.8 Å². The van der Waals surface area contributed by atoms with Gasteiger partial charge in [-0.05, 0) is 37.9 Å². The molecule has 19 heavy (non-hydrogen) atoms. The molecule has 0 aliphatic carbocycles. The van der Waals surface area contributed by atoms with Gasteiger partial charge in [-0.1, -0.05) is 20.8 Å². The Balaban J connectivity index is 1.69. The maximum absolute atomic E-state index is 5.67. The maximum atomic E-state index is 5.67. The van der Waals surface area contributed by atoms with E-state index in [4.69, 9.17) is 4.42 Å². The molecule has 1 aromatic heterocycles. The number of hydrogen-bond acceptors (Lipinski definition) is 4. The van der Waals surface area contributed by atoms with Crippen LogP contribution >= 0.6 is 0 Å². The summed E-state index contributed by atoms with van der Waals surface area (Å²) in [5.41, 5.74) is 0. The minimum absolute atomic E-state index is 0.734. The Labute approximate surface area is 116 Å². The van der Waals surface area contributed by atoms with Crippen LogP contribution in [-0.2, 0) is 13.0 Å². The largest absolute Gasteiger partial charge is 0.444 e. The summed E-state index contributed by atoms with van der Waals surface area (Å²) in [6.45, 7) is 12.0. The van der Waals surface area contributed by atoms with Crippen molar-refractivity contribution in [3.05, 3.63) is 17.8 Å². The van der Waals surface area contributed by atoms with Crippen molar-refractivity contribution in [3.8, 4) is 0 Å². The number of aromatic nitrogens is 1. The summed E-state index contributed by atoms with van der Waals surface area (Å²) in [4.78, 5) is 6.79. The van der Waals surface area contributed by atoms with Gasteiger partial charge in [0.25, 0.3) is 0 Å². The van der Waals surface area contributed by atoms with Crippen LogP contribution in [0.25, 0.3) is 0 Å². The van der Waals surface area contributed by atoms with E-state index < -0.39 is 0 Å². The van der Waals surface area contributed by atoms with Crippen LogP contribution in [0.5, 0.6) is 0 Å². The van der Waals surface area contributed by atoms with Crippen LogP contribution in [0.4, 0.5) is 0 Å². The topological polar surface area (TPSA) is 41.3 Å². The number of aryl methyl sites for hydroxylation is 1. The lowest BCUT2D eigenvalue weighted by molar-refractivity contribution is 0.275. The Bertz CT molecular complexity index is 375. The van der Waals surface area contributed by atoms with Crippen molar-refractivity contribution in [2.45, 2.75) is 40.2 Å². The molecular formula is C15H27N3O. The second-order valence-corrected chi connectivity index (χ2v) is 6.02. The molecule has 108 valence electrons. The number of hydrogen-bond donors (Lipinski definition) is 1. The lowest BCUT2D eigenvalue weighted by Crippen LogP contribution is -2.28. The second-order valence-electron chi connectivity index (χ2n) is 6.02. The number of nitrogens with one attached hydrogen (secondary N) is 1. The third kappa shape index (κ3) is 4.62. The summed E-state index contributed by atoms with van der Waals surface area (Å²) in [7, 11) is 0. The van der Waals surface area contributed by atoms with Gasteiger partial charge in [0.2, 0.25) is 5.89 Å². The zero-order chi connectivity index (χ0) is 13.7. The smallest absolute Gasteiger partial charge is 0.208 e. The van der Waals surface area contributed by atoms with Crippen molar-refractivity contribution < 1.29 is 4.42 Å². The average molecular weight is 265 g/mol. The van der Waals surface area contributed by atoms with Gasteiger partial charge >= 0.3 is 0 Å². The standard InChI is InChI=1S/C15H27N3O/c1-4-14-9-17-15(19-14)11-18-6-5-13(10-18)8-16-7-12(2)3/h9,12-13,16H,4-8,10-11H2,1-3H3. The summed E-state index contributed by atoms with van der Waals surface area (Å²) >= 11 is 0. The quantitative estimate of drug-likeness (QED) is 0.821. The molecule has 1 aliphatic heterocycles. The van der Waals surface area contributed by atoms with Crippen LogP contribution in [0.15, 0.2) is 10.6 Å². The summed E-state index contributed by atoms with van der Waals surface area (Å²) < 4.78 is 5.67. The Morgan fingerprint density at radius 1 is 1.53 bits per heavy atom. The fraction of sp³-hybridized carbons (Fsp3) is 0.800. The molecule has 1 unspecified atom stereocenters. The SMILES string of the molecule is CCc1cnc(CN2CCC(CNCC(C)C)C2)o1. The van der Waals surface area contributed by atoms with Crippen LogP contribution < -0.4 is 5.32 Å². The van der Waals surface area contributed by atoms with Crippen LogP contribution in [0.3, 0.4) is 0 Å². The third-order valence-electron chi connectivity index (χ3n) is 3.66. The predicted molar refractivity (Wildman–Crippen MR) is 77.0 cm³/mol. The van der Waals surface area contributed by atoms with Crippen molar-refractivity contribution >= 4 is 0 Å². The zero-order valence-electron chi connectivity index (χ0n) is 12.5. The van der Waals surface area contributed by atoms with Gasteiger partial charge in [-0.3, -0.25) is 4.90 Å². The number of likely N-dealkylation sites (tertiary alicyclic amines) is 1. The van der Waals surface area contributed by atoms with E-state index in [1.807, 2.05) is 6.20 Å². The first-order valence-electron chi connectivity index (χ1n) is 7.54. The normalized spacial score (nSPS) is 20.5. The fourth-order valence-electron chi connectivity index (χ4n) is 2.58. The molecule has 2 heterocycles. The number of rotatable bonds is 7. The predicted octanol–water partition coefficient (Wildman–Crippen LogP) is 2.30. The molecule has 2 rings (SSSR count). The van der Waals surface area contributed by atoms with E-state index in [1.54, 1.807) is 0 Å². The molecule has 1 saturated heterocycles. The molecule has 0 saturated carbocycles. The van der Waals surface area contributed by atoms with Crippen molar-refractivity contribution in [3.63, 3.8) is 0 Å². The molecule has 4 heteroatoms. The van der Waals surface area contributed by atoms with Crippen LogP contribution in [0.2, 0.25) is 0 Å². The van der Waals surface area contributed by atoms with Gasteiger partial charge in [-0.25, -0.2) is 4.98 Å². The van der Waals surface area contributed by atoms with Gasteiger partial charge in [-0.15, -0.1) is 0 Å². The van der Waals surface area contributed by atoms with E-state index >= 15 is 0 Å². The van der Waals surface area contributed by atoms with Gasteiger partial charge < -0.3 is 9.73 Å². The third-order valence-corrected chi connectivity index (χ3v) is 3.66. The Kier molecular flexibility index (Phi) is 5.40. The summed E-state index contributed by atoms with van der Waals surface area (Å²) in [6, 6.07) is 0. The molecule has 1 aromatic rings. The molecule has 1 aliphatic rings. The van der Waals surface area contributed by atoms with Crippen molar-refractivity contribution in [1.82, 2.24) is 15.2 Å². The highest BCUT2D eigenvalue weighted by Crippen LogP contribution is 2.18. The lowest BCUT2D eigenvalue weighted by Gasteiger charge is -2.15. The minimum atomic E-state index is 0.734. The van der Waals surface area contributed by atoms with Crippen molar-refractivity contribution in [2.24, 2.45) is 11.8 Å². The number of oxazole rings is 1. The molecule has 1 atom stereocenters. The van der Waals surface area contributed by atoms with Gasteiger partial charge in [0.1, 0.15) is 5.76 Å². The van der Waals surface area contributed by atoms with Crippen LogP contribution in [-0.4, -0.2) is 36.1 Å². The van der Waals surface area contributed by atoms with E-state index in [0.717, 1.165) is 62.6 Å². The molecule has 4 nitrogen and oxygen atoms in total. The zero-order valence-corrected chi connectivity index (χ0v) is 12.5. The Morgan fingerprint density at radius 3 is 3.05 bits per heavy atom. The van der Waals surface area contributed by atoms with E-state index in [-0.39, 0.29) is 0 Å². The van der Waals surface area contributed by atoms with Crippen molar-refractivity contribution in [2.75, 3.05) is 26.2 Å². The highest BCUT2D eigenvalue weighted by Gasteiger charge is 2.23. The van der Waals surface area contributed by atoms with E-state index in [9.17, 15) is 0 Å². The molecule has 0 radical (unpaired) electrons. The summed E-state index contributed by atoms with van der Waals surface area (Å²) in [5, 5.41) is 3.56. The van der Waals surface area contributed by atoms with Gasteiger partial charge in [0.15, 0.2) is 0 Å². The number of nitrogens with zero attached hydrogens (tertiary/aromatic N) is 2.